The van der Waals surface area contributed by atoms with Crippen molar-refractivity contribution in [1.82, 2.24) is 15.0 Å². The lowest BCUT2D eigenvalue weighted by atomic mass is 10.0. The smallest absolute Gasteiger partial charge is 0.353 e. The Hall–Kier alpha value is -4.14. The molecule has 0 aliphatic carbocycles. The molecular formula is C25H25N7O2. The van der Waals surface area contributed by atoms with Crippen LogP contribution in [0, 0.1) is 10.1 Å². The molecule has 0 bridgehead atoms. The van der Waals surface area contributed by atoms with Crippen molar-refractivity contribution < 1.29 is 4.92 Å². The number of para-hydroxylation sites is 2. The molecule has 2 aliphatic heterocycles. The van der Waals surface area contributed by atoms with E-state index in [9.17, 15) is 10.1 Å². The summed E-state index contributed by atoms with van der Waals surface area (Å²) in [6, 6.07) is 18.5. The molecule has 1 fully saturated rings. The molecule has 4 aromatic rings. The van der Waals surface area contributed by atoms with E-state index in [-0.39, 0.29) is 10.6 Å². The molecule has 1 saturated heterocycles. The largest absolute Gasteiger partial charge is 0.368 e. The Morgan fingerprint density at radius 1 is 0.824 bits per heavy atom. The molecule has 9 heteroatoms. The Morgan fingerprint density at radius 3 is 2.26 bits per heavy atom. The van der Waals surface area contributed by atoms with Crippen LogP contribution in [0.4, 0.5) is 23.0 Å². The number of nitrogens with zero attached hydrogens (tertiary/aromatic N) is 6. The van der Waals surface area contributed by atoms with Gasteiger partial charge in [0.25, 0.3) is 0 Å². The van der Waals surface area contributed by atoms with E-state index in [1.807, 2.05) is 40.1 Å². The standard InChI is InChI=1S/C25H25N7O2/c33-32(34)23-24(30-14-12-29(13-15-30)18-6-2-1-3-7-18)26-17-27-25(23)31-11-10-20-19-8-4-5-9-21(19)28-22(20)16-31/h1-9,17,28H,10-16H2. The highest BCUT2D eigenvalue weighted by Crippen LogP contribution is 2.37. The van der Waals surface area contributed by atoms with Gasteiger partial charge in [0.15, 0.2) is 0 Å². The van der Waals surface area contributed by atoms with E-state index in [1.54, 1.807) is 0 Å². The van der Waals surface area contributed by atoms with Gasteiger partial charge < -0.3 is 19.7 Å². The van der Waals surface area contributed by atoms with E-state index in [1.165, 1.54) is 23.0 Å². The van der Waals surface area contributed by atoms with Gasteiger partial charge in [0.1, 0.15) is 6.33 Å². The summed E-state index contributed by atoms with van der Waals surface area (Å²) in [5.41, 5.74) is 4.65. The van der Waals surface area contributed by atoms with Gasteiger partial charge in [-0.15, -0.1) is 0 Å². The summed E-state index contributed by atoms with van der Waals surface area (Å²) in [6.45, 7) is 4.12. The molecule has 6 rings (SSSR count). The van der Waals surface area contributed by atoms with Crippen LogP contribution in [-0.2, 0) is 13.0 Å². The number of hydrogen-bond acceptors (Lipinski definition) is 7. The Balaban J connectivity index is 1.28. The van der Waals surface area contributed by atoms with E-state index in [2.05, 4.69) is 44.1 Å². The quantitative estimate of drug-likeness (QED) is 0.370. The maximum absolute atomic E-state index is 12.3. The summed E-state index contributed by atoms with van der Waals surface area (Å²) in [5, 5.41) is 13.5. The number of hydrogen-bond donors (Lipinski definition) is 1. The van der Waals surface area contributed by atoms with Crippen LogP contribution in [0.3, 0.4) is 0 Å². The zero-order chi connectivity index (χ0) is 23.1. The van der Waals surface area contributed by atoms with Gasteiger partial charge in [-0.05, 0) is 30.2 Å². The lowest BCUT2D eigenvalue weighted by molar-refractivity contribution is -0.383. The van der Waals surface area contributed by atoms with Gasteiger partial charge in [-0.25, -0.2) is 9.97 Å². The van der Waals surface area contributed by atoms with Crippen molar-refractivity contribution in [3.8, 4) is 0 Å². The van der Waals surface area contributed by atoms with Crippen molar-refractivity contribution >= 4 is 33.9 Å². The molecule has 9 nitrogen and oxygen atoms in total. The number of rotatable bonds is 4. The lowest BCUT2D eigenvalue weighted by Crippen LogP contribution is -2.47. The number of nitro groups is 1. The summed E-state index contributed by atoms with van der Waals surface area (Å²) in [7, 11) is 0. The molecule has 0 saturated carbocycles. The second kappa shape index (κ2) is 8.33. The van der Waals surface area contributed by atoms with Gasteiger partial charge >= 0.3 is 5.69 Å². The van der Waals surface area contributed by atoms with Gasteiger partial charge in [0, 0.05) is 55.0 Å². The van der Waals surface area contributed by atoms with Crippen LogP contribution in [0.1, 0.15) is 11.3 Å². The molecule has 0 spiro atoms. The van der Waals surface area contributed by atoms with Crippen molar-refractivity contribution in [2.45, 2.75) is 13.0 Å². The molecule has 0 amide bonds. The number of aromatic amines is 1. The minimum atomic E-state index is -0.324. The number of anilines is 3. The van der Waals surface area contributed by atoms with Gasteiger partial charge in [-0.1, -0.05) is 36.4 Å². The summed E-state index contributed by atoms with van der Waals surface area (Å²) < 4.78 is 0. The highest BCUT2D eigenvalue weighted by Gasteiger charge is 2.33. The third-order valence-electron chi connectivity index (χ3n) is 6.85. The minimum Gasteiger partial charge on any atom is -0.368 e. The molecule has 0 atom stereocenters. The van der Waals surface area contributed by atoms with Crippen LogP contribution < -0.4 is 14.7 Å². The first-order valence-corrected chi connectivity index (χ1v) is 11.6. The van der Waals surface area contributed by atoms with Crippen LogP contribution in [0.15, 0.2) is 60.9 Å². The fourth-order valence-corrected chi connectivity index (χ4v) is 5.18. The van der Waals surface area contributed by atoms with Crippen LogP contribution >= 0.6 is 0 Å². The van der Waals surface area contributed by atoms with E-state index in [4.69, 9.17) is 0 Å². The summed E-state index contributed by atoms with van der Waals surface area (Å²) in [6.07, 6.45) is 2.27. The average Bonchev–Trinajstić information content (AvgIpc) is 3.26. The normalized spacial score (nSPS) is 16.1. The van der Waals surface area contributed by atoms with Crippen molar-refractivity contribution in [2.75, 3.05) is 47.4 Å². The van der Waals surface area contributed by atoms with Crippen molar-refractivity contribution in [3.05, 3.63) is 82.3 Å². The second-order valence-corrected chi connectivity index (χ2v) is 8.74. The van der Waals surface area contributed by atoms with Crippen LogP contribution in [0.25, 0.3) is 10.9 Å². The topological polar surface area (TPSA) is 94.4 Å². The third-order valence-corrected chi connectivity index (χ3v) is 6.85. The van der Waals surface area contributed by atoms with E-state index >= 15 is 0 Å². The minimum absolute atomic E-state index is 0.00442. The van der Waals surface area contributed by atoms with E-state index in [0.717, 1.165) is 30.7 Å². The molecule has 1 N–H and O–H groups in total. The molecular weight excluding hydrogens is 430 g/mol. The third kappa shape index (κ3) is 3.49. The monoisotopic (exact) mass is 455 g/mol. The predicted octanol–water partition coefficient (Wildman–Crippen LogP) is 3.76. The fourth-order valence-electron chi connectivity index (χ4n) is 5.18. The van der Waals surface area contributed by atoms with E-state index in [0.29, 0.717) is 37.8 Å². The SMILES string of the molecule is O=[N+]([O-])c1c(N2CCN(c3ccccc3)CC2)ncnc1N1CCc2c([nH]c3ccccc23)C1. The maximum Gasteiger partial charge on any atom is 0.353 e. The summed E-state index contributed by atoms with van der Waals surface area (Å²) in [4.78, 5) is 30.5. The van der Waals surface area contributed by atoms with Crippen LogP contribution in [0.2, 0.25) is 0 Å². The summed E-state index contributed by atoms with van der Waals surface area (Å²) >= 11 is 0. The molecule has 2 aliphatic rings. The van der Waals surface area contributed by atoms with Crippen LogP contribution in [-0.4, -0.2) is 52.6 Å². The highest BCUT2D eigenvalue weighted by molar-refractivity contribution is 5.85. The van der Waals surface area contributed by atoms with Gasteiger partial charge in [0.2, 0.25) is 11.6 Å². The molecule has 34 heavy (non-hydrogen) atoms. The van der Waals surface area contributed by atoms with Crippen molar-refractivity contribution in [3.63, 3.8) is 0 Å². The molecule has 0 radical (unpaired) electrons. The Bertz CT molecular complexity index is 1350. The number of benzene rings is 2. The molecule has 2 aromatic heterocycles. The average molecular weight is 456 g/mol. The zero-order valence-electron chi connectivity index (χ0n) is 18.7. The Kier molecular flexibility index (Phi) is 5.01. The first-order chi connectivity index (χ1) is 16.7. The highest BCUT2D eigenvalue weighted by atomic mass is 16.6. The first-order valence-electron chi connectivity index (χ1n) is 11.6. The lowest BCUT2D eigenvalue weighted by Gasteiger charge is -2.36. The Labute approximate surface area is 196 Å². The Morgan fingerprint density at radius 2 is 1.50 bits per heavy atom. The van der Waals surface area contributed by atoms with Gasteiger partial charge in [0.05, 0.1) is 11.5 Å². The van der Waals surface area contributed by atoms with Gasteiger partial charge in [-0.3, -0.25) is 10.1 Å². The van der Waals surface area contributed by atoms with E-state index < -0.39 is 0 Å². The van der Waals surface area contributed by atoms with Gasteiger partial charge in [-0.2, -0.15) is 0 Å². The number of H-pyrrole nitrogens is 1. The fraction of sp³-hybridized carbons (Fsp3) is 0.280. The van der Waals surface area contributed by atoms with Crippen molar-refractivity contribution in [1.29, 1.82) is 0 Å². The number of nitrogens with one attached hydrogen (secondary N) is 1. The van der Waals surface area contributed by atoms with Crippen LogP contribution in [0.5, 0.6) is 0 Å². The summed E-state index contributed by atoms with van der Waals surface area (Å²) in [5.74, 6) is 0.801. The number of aromatic nitrogens is 3. The zero-order valence-corrected chi connectivity index (χ0v) is 18.7. The molecule has 2 aromatic carbocycles. The molecule has 4 heterocycles. The van der Waals surface area contributed by atoms with Crippen molar-refractivity contribution in [2.24, 2.45) is 0 Å². The molecule has 0 unspecified atom stereocenters. The predicted molar refractivity (Wildman–Crippen MR) is 133 cm³/mol. The molecule has 172 valence electrons. The maximum atomic E-state index is 12.3. The first kappa shape index (κ1) is 20.5. The number of piperazine rings is 1. The number of fused-ring (bicyclic) bond motifs is 3. The second-order valence-electron chi connectivity index (χ2n) is 8.74.